The summed E-state index contributed by atoms with van der Waals surface area (Å²) >= 11 is 0. The Kier molecular flexibility index (Phi) is 8.90. The molecule has 6 nitrogen and oxygen atoms in total. The first kappa shape index (κ1) is 23.7. The molecule has 0 radical (unpaired) electrons. The zero-order valence-corrected chi connectivity index (χ0v) is 19.4. The van der Waals surface area contributed by atoms with E-state index in [1.807, 2.05) is 19.1 Å². The van der Waals surface area contributed by atoms with E-state index in [-0.39, 0.29) is 11.4 Å². The lowest BCUT2D eigenvalue weighted by molar-refractivity contribution is 0.110. The molecular weight excluding hydrogens is 412 g/mol. The van der Waals surface area contributed by atoms with E-state index < -0.39 is 10.0 Å². The van der Waals surface area contributed by atoms with Crippen LogP contribution in [0.2, 0.25) is 0 Å². The third-order valence-electron chi connectivity index (χ3n) is 5.57. The van der Waals surface area contributed by atoms with Crippen molar-refractivity contribution in [3.8, 4) is 5.75 Å². The number of piperidine rings is 1. The monoisotopic (exact) mass is 446 g/mol. The van der Waals surface area contributed by atoms with Gasteiger partial charge in [-0.25, -0.2) is 13.1 Å². The number of hydrogen-bond acceptors (Lipinski definition) is 5. The number of rotatable bonds is 11. The fraction of sp³-hybridized carbons (Fsp3) is 0.500. The molecule has 1 N–H and O–H groups in total. The first-order valence-corrected chi connectivity index (χ1v) is 12.5. The Bertz CT molecular complexity index is 907. The van der Waals surface area contributed by atoms with E-state index in [1.165, 1.54) is 18.4 Å². The highest BCUT2D eigenvalue weighted by molar-refractivity contribution is 7.89. The van der Waals surface area contributed by atoms with Gasteiger partial charge < -0.3 is 9.47 Å². The molecule has 1 aliphatic rings. The Morgan fingerprint density at radius 3 is 2.45 bits per heavy atom. The van der Waals surface area contributed by atoms with Crippen LogP contribution in [0.1, 0.15) is 37.8 Å². The Balaban J connectivity index is 1.52. The number of nitrogens with zero attached hydrogens (tertiary/aromatic N) is 1. The predicted octanol–water partition coefficient (Wildman–Crippen LogP) is 3.81. The Morgan fingerprint density at radius 1 is 1.03 bits per heavy atom. The topological polar surface area (TPSA) is 67.9 Å². The Labute approximate surface area is 186 Å². The zero-order valence-electron chi connectivity index (χ0n) is 18.5. The van der Waals surface area contributed by atoms with Crippen molar-refractivity contribution >= 4 is 10.0 Å². The molecule has 3 rings (SSSR count). The van der Waals surface area contributed by atoms with Crippen LogP contribution in [0.5, 0.6) is 5.75 Å². The van der Waals surface area contributed by atoms with Crippen molar-refractivity contribution < 1.29 is 17.9 Å². The molecule has 170 valence electrons. The van der Waals surface area contributed by atoms with Gasteiger partial charge in [0.2, 0.25) is 10.0 Å². The second kappa shape index (κ2) is 11.6. The summed E-state index contributed by atoms with van der Waals surface area (Å²) in [5.74, 6) is 1.44. The average molecular weight is 447 g/mol. The van der Waals surface area contributed by atoms with E-state index in [1.54, 1.807) is 24.3 Å². The molecule has 7 heteroatoms. The maximum atomic E-state index is 12.7. The highest BCUT2D eigenvalue weighted by atomic mass is 32.2. The molecule has 1 saturated heterocycles. The van der Waals surface area contributed by atoms with Crippen LogP contribution in [0, 0.1) is 5.92 Å². The van der Waals surface area contributed by atoms with Crippen molar-refractivity contribution in [1.82, 2.24) is 9.62 Å². The lowest BCUT2D eigenvalue weighted by Crippen LogP contribution is -2.32. The molecule has 1 heterocycles. The average Bonchev–Trinajstić information content (AvgIpc) is 2.78. The van der Waals surface area contributed by atoms with Gasteiger partial charge in [-0.15, -0.1) is 0 Å². The summed E-state index contributed by atoms with van der Waals surface area (Å²) in [7, 11) is -3.59. The fourth-order valence-corrected chi connectivity index (χ4v) is 4.67. The molecule has 1 aliphatic heterocycles. The van der Waals surface area contributed by atoms with Gasteiger partial charge in [-0.3, -0.25) is 4.90 Å². The molecule has 0 bridgehead atoms. The van der Waals surface area contributed by atoms with E-state index >= 15 is 0 Å². The van der Waals surface area contributed by atoms with Crippen LogP contribution in [0.4, 0.5) is 0 Å². The minimum Gasteiger partial charge on any atom is -0.491 e. The molecular formula is C24H34N2O4S. The minimum absolute atomic E-state index is 0.225. The Hall–Kier alpha value is -1.93. The second-order valence-corrected chi connectivity index (χ2v) is 9.89. The van der Waals surface area contributed by atoms with E-state index in [9.17, 15) is 8.42 Å². The fourth-order valence-electron chi connectivity index (χ4n) is 3.66. The SMILES string of the molecule is CCOCCOc1ccc(S(=O)(=O)NCc2cccc(CN3CCC(C)CC3)c2)cc1. The molecule has 1 fully saturated rings. The molecule has 0 saturated carbocycles. The first-order valence-electron chi connectivity index (χ1n) is 11.1. The number of ether oxygens (including phenoxy) is 2. The third-order valence-corrected chi connectivity index (χ3v) is 6.99. The minimum atomic E-state index is -3.59. The number of likely N-dealkylation sites (tertiary alicyclic amines) is 1. The van der Waals surface area contributed by atoms with Crippen molar-refractivity contribution in [2.24, 2.45) is 5.92 Å². The van der Waals surface area contributed by atoms with Crippen molar-refractivity contribution in [2.45, 2.75) is 44.7 Å². The largest absolute Gasteiger partial charge is 0.491 e. The summed E-state index contributed by atoms with van der Waals surface area (Å²) in [4.78, 5) is 2.70. The van der Waals surface area contributed by atoms with Gasteiger partial charge >= 0.3 is 0 Å². The van der Waals surface area contributed by atoms with E-state index in [0.29, 0.717) is 25.6 Å². The van der Waals surface area contributed by atoms with Crippen molar-refractivity contribution in [3.05, 3.63) is 59.7 Å². The summed E-state index contributed by atoms with van der Waals surface area (Å²) in [6, 6.07) is 14.6. The third kappa shape index (κ3) is 7.61. The van der Waals surface area contributed by atoms with Crippen LogP contribution in [0.15, 0.2) is 53.4 Å². The van der Waals surface area contributed by atoms with Gasteiger partial charge in [0.1, 0.15) is 12.4 Å². The van der Waals surface area contributed by atoms with Crippen LogP contribution in [0.25, 0.3) is 0 Å². The molecule has 0 atom stereocenters. The quantitative estimate of drug-likeness (QED) is 0.532. The van der Waals surface area contributed by atoms with Crippen LogP contribution in [0.3, 0.4) is 0 Å². The second-order valence-electron chi connectivity index (χ2n) is 8.12. The molecule has 0 unspecified atom stereocenters. The van der Waals surface area contributed by atoms with Crippen LogP contribution >= 0.6 is 0 Å². The summed E-state index contributed by atoms with van der Waals surface area (Å²) in [6.45, 7) is 9.27. The van der Waals surface area contributed by atoms with Gasteiger partial charge in [-0.2, -0.15) is 0 Å². The molecule has 0 spiro atoms. The number of nitrogens with one attached hydrogen (secondary N) is 1. The lowest BCUT2D eigenvalue weighted by Gasteiger charge is -2.30. The van der Waals surface area contributed by atoms with Crippen LogP contribution in [-0.4, -0.2) is 46.2 Å². The maximum absolute atomic E-state index is 12.7. The molecule has 31 heavy (non-hydrogen) atoms. The molecule has 2 aromatic rings. The summed E-state index contributed by atoms with van der Waals surface area (Å²) in [5.41, 5.74) is 2.18. The first-order chi connectivity index (χ1) is 15.0. The number of hydrogen-bond donors (Lipinski definition) is 1. The maximum Gasteiger partial charge on any atom is 0.240 e. The van der Waals surface area contributed by atoms with Crippen molar-refractivity contribution in [1.29, 1.82) is 0 Å². The highest BCUT2D eigenvalue weighted by Gasteiger charge is 2.16. The Morgan fingerprint density at radius 2 is 1.74 bits per heavy atom. The number of sulfonamides is 1. The molecule has 2 aromatic carbocycles. The van der Waals surface area contributed by atoms with E-state index in [0.717, 1.165) is 31.1 Å². The van der Waals surface area contributed by atoms with Gasteiger partial charge in [-0.1, -0.05) is 31.2 Å². The standard InChI is InChI=1S/C24H34N2O4S/c1-3-29-15-16-30-23-7-9-24(10-8-23)31(27,28)25-18-21-5-4-6-22(17-21)19-26-13-11-20(2)12-14-26/h4-10,17,20,25H,3,11-16,18-19H2,1-2H3. The van der Waals surface area contributed by atoms with Crippen molar-refractivity contribution in [3.63, 3.8) is 0 Å². The van der Waals surface area contributed by atoms with E-state index in [2.05, 4.69) is 28.7 Å². The summed E-state index contributed by atoms with van der Waals surface area (Å²) in [5, 5.41) is 0. The van der Waals surface area contributed by atoms with Gasteiger partial charge in [0, 0.05) is 19.7 Å². The normalized spacial score (nSPS) is 15.8. The van der Waals surface area contributed by atoms with Crippen LogP contribution in [-0.2, 0) is 27.8 Å². The highest BCUT2D eigenvalue weighted by Crippen LogP contribution is 2.19. The van der Waals surface area contributed by atoms with Gasteiger partial charge in [0.15, 0.2) is 0 Å². The van der Waals surface area contributed by atoms with Gasteiger partial charge in [0.05, 0.1) is 11.5 Å². The molecule has 0 aromatic heterocycles. The lowest BCUT2D eigenvalue weighted by atomic mass is 9.98. The molecule has 0 aliphatic carbocycles. The zero-order chi connectivity index (χ0) is 22.1. The number of benzene rings is 2. The molecule has 0 amide bonds. The summed E-state index contributed by atoms with van der Waals surface area (Å²) < 4.78 is 38.8. The van der Waals surface area contributed by atoms with Crippen LogP contribution < -0.4 is 9.46 Å². The smallest absolute Gasteiger partial charge is 0.240 e. The summed E-state index contributed by atoms with van der Waals surface area (Å²) in [6.07, 6.45) is 2.49. The van der Waals surface area contributed by atoms with Gasteiger partial charge in [-0.05, 0) is 74.2 Å². The van der Waals surface area contributed by atoms with E-state index in [4.69, 9.17) is 9.47 Å². The van der Waals surface area contributed by atoms with Crippen molar-refractivity contribution in [2.75, 3.05) is 32.9 Å². The van der Waals surface area contributed by atoms with Gasteiger partial charge in [0.25, 0.3) is 0 Å². The predicted molar refractivity (Wildman–Crippen MR) is 123 cm³/mol.